The Kier molecular flexibility index (Phi) is 7.64. The molecule has 0 aliphatic carbocycles. The average molecular weight is 356 g/mol. The number of benzene rings is 2. The van der Waals surface area contributed by atoms with Gasteiger partial charge in [0.05, 0.1) is 19.3 Å². The monoisotopic (exact) mass is 356 g/mol. The zero-order chi connectivity index (χ0) is 18.8. The molecule has 0 aromatic heterocycles. The molecule has 26 heavy (non-hydrogen) atoms. The second-order valence-electron chi connectivity index (χ2n) is 6.02. The van der Waals surface area contributed by atoms with Gasteiger partial charge in [0.2, 0.25) is 0 Å². The Balaban J connectivity index is 1.92. The Hall–Kier alpha value is -2.86. The molecular formula is C20H26N3O3+. The first-order valence-electron chi connectivity index (χ1n) is 8.73. The molecule has 6 nitrogen and oxygen atoms in total. The molecule has 0 saturated heterocycles. The minimum absolute atomic E-state index is 0.107. The summed E-state index contributed by atoms with van der Waals surface area (Å²) in [6.07, 6.45) is 0.885. The highest BCUT2D eigenvalue weighted by Gasteiger charge is 2.18. The lowest BCUT2D eigenvalue weighted by Gasteiger charge is -2.18. The van der Waals surface area contributed by atoms with Gasteiger partial charge in [-0.05, 0) is 30.7 Å². The van der Waals surface area contributed by atoms with Gasteiger partial charge in [0.1, 0.15) is 5.75 Å². The highest BCUT2D eigenvalue weighted by atomic mass is 16.5. The molecular weight excluding hydrogens is 330 g/mol. The minimum Gasteiger partial charge on any atom is -0.495 e. The lowest BCUT2D eigenvalue weighted by molar-refractivity contribution is -0.883. The van der Waals surface area contributed by atoms with Gasteiger partial charge < -0.3 is 20.3 Å². The van der Waals surface area contributed by atoms with Crippen molar-refractivity contribution in [3.63, 3.8) is 0 Å². The van der Waals surface area contributed by atoms with Gasteiger partial charge in [-0.25, -0.2) is 0 Å². The van der Waals surface area contributed by atoms with Crippen LogP contribution in [0.5, 0.6) is 5.75 Å². The molecule has 2 amide bonds. The van der Waals surface area contributed by atoms with Crippen LogP contribution in [0.15, 0.2) is 54.6 Å². The van der Waals surface area contributed by atoms with Crippen molar-refractivity contribution < 1.29 is 19.2 Å². The minimum atomic E-state index is -0.148. The highest BCUT2D eigenvalue weighted by Crippen LogP contribution is 2.22. The quantitative estimate of drug-likeness (QED) is 0.639. The Bertz CT molecular complexity index is 719. The summed E-state index contributed by atoms with van der Waals surface area (Å²) in [6, 6.07) is 16.6. The Morgan fingerprint density at radius 2 is 1.54 bits per heavy atom. The third-order valence-electron chi connectivity index (χ3n) is 3.86. The van der Waals surface area contributed by atoms with E-state index in [0.717, 1.165) is 23.6 Å². The summed E-state index contributed by atoms with van der Waals surface area (Å²) in [7, 11) is 1.56. The fourth-order valence-corrected chi connectivity index (χ4v) is 2.72. The topological polar surface area (TPSA) is 71.9 Å². The van der Waals surface area contributed by atoms with Crippen molar-refractivity contribution in [1.29, 1.82) is 0 Å². The third-order valence-corrected chi connectivity index (χ3v) is 3.86. The molecule has 2 aromatic carbocycles. The lowest BCUT2D eigenvalue weighted by atomic mass is 10.3. The van der Waals surface area contributed by atoms with E-state index < -0.39 is 0 Å². The van der Waals surface area contributed by atoms with E-state index in [1.54, 1.807) is 19.2 Å². The summed E-state index contributed by atoms with van der Waals surface area (Å²) in [5, 5.41) is 5.72. The molecule has 0 bridgehead atoms. The first-order chi connectivity index (χ1) is 12.6. The molecule has 1 unspecified atom stereocenters. The molecule has 1 atom stereocenters. The highest BCUT2D eigenvalue weighted by molar-refractivity contribution is 5.94. The number of hydrogen-bond acceptors (Lipinski definition) is 3. The number of rotatable bonds is 9. The zero-order valence-corrected chi connectivity index (χ0v) is 15.2. The molecule has 6 heteroatoms. The van der Waals surface area contributed by atoms with E-state index in [1.165, 1.54) is 0 Å². The van der Waals surface area contributed by atoms with Crippen LogP contribution in [-0.4, -0.2) is 38.6 Å². The number of ether oxygens (including phenoxy) is 1. The number of hydrogen-bond donors (Lipinski definition) is 3. The van der Waals surface area contributed by atoms with Crippen molar-refractivity contribution in [2.45, 2.75) is 13.3 Å². The molecule has 0 aliphatic heterocycles. The van der Waals surface area contributed by atoms with Gasteiger partial charge >= 0.3 is 0 Å². The Labute approximate surface area is 154 Å². The van der Waals surface area contributed by atoms with Gasteiger partial charge in [-0.1, -0.05) is 37.3 Å². The van der Waals surface area contributed by atoms with Crippen LogP contribution in [0.3, 0.4) is 0 Å². The van der Waals surface area contributed by atoms with Crippen molar-refractivity contribution >= 4 is 23.2 Å². The van der Waals surface area contributed by atoms with E-state index in [9.17, 15) is 9.59 Å². The fraction of sp³-hybridized carbons (Fsp3) is 0.300. The molecule has 0 heterocycles. The summed E-state index contributed by atoms with van der Waals surface area (Å²) < 4.78 is 5.24. The van der Waals surface area contributed by atoms with Gasteiger partial charge in [-0.15, -0.1) is 0 Å². The van der Waals surface area contributed by atoms with Crippen LogP contribution < -0.4 is 20.3 Å². The number of carbonyl (C=O) groups excluding carboxylic acids is 2. The van der Waals surface area contributed by atoms with Crippen LogP contribution in [-0.2, 0) is 9.59 Å². The normalized spacial score (nSPS) is 11.5. The standard InChI is InChI=1S/C20H25N3O3/c1-3-13-23(14-19(24)21-16-9-5-4-6-10-16)15-20(25)22-17-11-7-8-12-18(17)26-2/h4-12H,3,13-15H2,1-2H3,(H,21,24)(H,22,25)/p+1. The first kappa shape index (κ1) is 19.5. The van der Waals surface area contributed by atoms with E-state index in [0.29, 0.717) is 11.4 Å². The van der Waals surface area contributed by atoms with Crippen molar-refractivity contribution in [3.05, 3.63) is 54.6 Å². The number of para-hydroxylation sites is 3. The smallest absolute Gasteiger partial charge is 0.279 e. The van der Waals surface area contributed by atoms with E-state index in [-0.39, 0.29) is 24.9 Å². The van der Waals surface area contributed by atoms with Gasteiger partial charge in [0.15, 0.2) is 13.1 Å². The molecule has 2 rings (SSSR count). The predicted octanol–water partition coefficient (Wildman–Crippen LogP) is 1.57. The summed E-state index contributed by atoms with van der Waals surface area (Å²) >= 11 is 0. The summed E-state index contributed by atoms with van der Waals surface area (Å²) in [5.74, 6) is 0.356. The lowest BCUT2D eigenvalue weighted by Crippen LogP contribution is -3.14. The number of methoxy groups -OCH3 is 1. The third kappa shape index (κ3) is 6.22. The SMILES string of the molecule is CCC[NH+](CC(=O)Nc1ccccc1)CC(=O)Nc1ccccc1OC. The average Bonchev–Trinajstić information content (AvgIpc) is 2.63. The van der Waals surface area contributed by atoms with Gasteiger partial charge in [-0.2, -0.15) is 0 Å². The first-order valence-corrected chi connectivity index (χ1v) is 8.73. The van der Waals surface area contributed by atoms with Crippen LogP contribution in [0.2, 0.25) is 0 Å². The molecule has 0 radical (unpaired) electrons. The number of amides is 2. The van der Waals surface area contributed by atoms with Crippen molar-refractivity contribution in [1.82, 2.24) is 0 Å². The van der Waals surface area contributed by atoms with E-state index in [1.807, 2.05) is 49.4 Å². The molecule has 0 fully saturated rings. The second kappa shape index (κ2) is 10.2. The summed E-state index contributed by atoms with van der Waals surface area (Å²) in [6.45, 7) is 3.23. The van der Waals surface area contributed by atoms with Gasteiger partial charge in [-0.3, -0.25) is 9.59 Å². The predicted molar refractivity (Wildman–Crippen MR) is 103 cm³/mol. The number of quaternary nitrogens is 1. The maximum atomic E-state index is 12.4. The van der Waals surface area contributed by atoms with Crippen molar-refractivity contribution in [2.24, 2.45) is 0 Å². The molecule has 138 valence electrons. The Morgan fingerprint density at radius 1 is 0.923 bits per heavy atom. The maximum Gasteiger partial charge on any atom is 0.279 e. The van der Waals surface area contributed by atoms with Gasteiger partial charge in [0.25, 0.3) is 11.8 Å². The Morgan fingerprint density at radius 3 is 2.19 bits per heavy atom. The molecule has 0 spiro atoms. The fourth-order valence-electron chi connectivity index (χ4n) is 2.72. The van der Waals surface area contributed by atoms with Crippen LogP contribution in [0, 0.1) is 0 Å². The van der Waals surface area contributed by atoms with E-state index >= 15 is 0 Å². The molecule has 3 N–H and O–H groups in total. The van der Waals surface area contributed by atoms with Crippen LogP contribution in [0.1, 0.15) is 13.3 Å². The van der Waals surface area contributed by atoms with Gasteiger partial charge in [0, 0.05) is 5.69 Å². The largest absolute Gasteiger partial charge is 0.495 e. The van der Waals surface area contributed by atoms with Crippen LogP contribution >= 0.6 is 0 Å². The number of anilines is 2. The maximum absolute atomic E-state index is 12.4. The van der Waals surface area contributed by atoms with Crippen LogP contribution in [0.4, 0.5) is 11.4 Å². The second-order valence-corrected chi connectivity index (χ2v) is 6.02. The zero-order valence-electron chi connectivity index (χ0n) is 15.2. The van der Waals surface area contributed by atoms with Crippen molar-refractivity contribution in [2.75, 3.05) is 37.4 Å². The van der Waals surface area contributed by atoms with E-state index in [2.05, 4.69) is 10.6 Å². The van der Waals surface area contributed by atoms with Crippen LogP contribution in [0.25, 0.3) is 0 Å². The molecule has 0 saturated carbocycles. The summed E-state index contributed by atoms with van der Waals surface area (Å²) in [4.78, 5) is 25.6. The summed E-state index contributed by atoms with van der Waals surface area (Å²) in [5.41, 5.74) is 1.39. The van der Waals surface area contributed by atoms with E-state index in [4.69, 9.17) is 4.74 Å². The molecule has 2 aromatic rings. The number of carbonyl (C=O) groups is 2. The number of nitrogens with one attached hydrogen (secondary N) is 3. The molecule has 0 aliphatic rings. The van der Waals surface area contributed by atoms with Crippen molar-refractivity contribution in [3.8, 4) is 5.75 Å².